The number of esters is 1. The molecule has 5 nitrogen and oxygen atoms in total. The summed E-state index contributed by atoms with van der Waals surface area (Å²) in [7, 11) is 1.60. The molecule has 5 heteroatoms. The Morgan fingerprint density at radius 1 is 1.14 bits per heavy atom. The van der Waals surface area contributed by atoms with Gasteiger partial charge in [0, 0.05) is 25.2 Å². The zero-order chi connectivity index (χ0) is 20.7. The molecule has 1 saturated heterocycles. The van der Waals surface area contributed by atoms with E-state index in [0.29, 0.717) is 12.2 Å². The van der Waals surface area contributed by atoms with Gasteiger partial charge in [0.2, 0.25) is 0 Å². The third-order valence-electron chi connectivity index (χ3n) is 5.46. The number of nitrogens with zero attached hydrogens (tertiary/aromatic N) is 1. The number of rotatable bonds is 7. The van der Waals surface area contributed by atoms with Gasteiger partial charge in [-0.2, -0.15) is 0 Å². The van der Waals surface area contributed by atoms with Crippen molar-refractivity contribution in [1.29, 1.82) is 0 Å². The van der Waals surface area contributed by atoms with Crippen molar-refractivity contribution in [2.24, 2.45) is 0 Å². The fourth-order valence-electron chi connectivity index (χ4n) is 3.64. The molecular weight excluding hydrogens is 364 g/mol. The number of hydrogen-bond acceptors (Lipinski definition) is 4. The molecule has 0 bridgehead atoms. The zero-order valence-corrected chi connectivity index (χ0v) is 17.1. The van der Waals surface area contributed by atoms with E-state index in [1.54, 1.807) is 37.4 Å². The van der Waals surface area contributed by atoms with Crippen LogP contribution in [0.5, 0.6) is 0 Å². The smallest absolute Gasteiger partial charge is 0.330 e. The van der Waals surface area contributed by atoms with Crippen LogP contribution in [0.15, 0.2) is 60.7 Å². The van der Waals surface area contributed by atoms with Crippen molar-refractivity contribution in [2.75, 3.05) is 20.2 Å². The van der Waals surface area contributed by atoms with E-state index >= 15 is 0 Å². The summed E-state index contributed by atoms with van der Waals surface area (Å²) >= 11 is 0. The highest BCUT2D eigenvalue weighted by molar-refractivity contribution is 5.94. The molecule has 1 fully saturated rings. The second-order valence-corrected chi connectivity index (χ2v) is 7.65. The summed E-state index contributed by atoms with van der Waals surface area (Å²) in [6.07, 6.45) is 5.26. The van der Waals surface area contributed by atoms with Crippen LogP contribution >= 0.6 is 0 Å². The number of carbonyl (C=O) groups excluding carboxylic acids is 2. The van der Waals surface area contributed by atoms with Crippen molar-refractivity contribution in [2.45, 2.75) is 31.8 Å². The lowest BCUT2D eigenvalue weighted by Crippen LogP contribution is -2.44. The van der Waals surface area contributed by atoms with E-state index in [9.17, 15) is 9.59 Å². The first-order valence-electron chi connectivity index (χ1n) is 9.96. The largest absolute Gasteiger partial charge is 0.461 e. The Bertz CT molecular complexity index is 861. The zero-order valence-electron chi connectivity index (χ0n) is 17.1. The maximum absolute atomic E-state index is 12.2. The fourth-order valence-corrected chi connectivity index (χ4v) is 3.64. The van der Waals surface area contributed by atoms with Gasteiger partial charge in [0.15, 0.2) is 0 Å². The molecule has 1 atom stereocenters. The second kappa shape index (κ2) is 9.52. The highest BCUT2D eigenvalue weighted by atomic mass is 16.5. The van der Waals surface area contributed by atoms with Crippen molar-refractivity contribution < 1.29 is 14.3 Å². The summed E-state index contributed by atoms with van der Waals surface area (Å²) in [5.74, 6) is -0.488. The molecular formula is C24H28N2O3. The molecule has 152 valence electrons. The van der Waals surface area contributed by atoms with Gasteiger partial charge in [-0.1, -0.05) is 42.5 Å². The van der Waals surface area contributed by atoms with Crippen LogP contribution in [0.2, 0.25) is 0 Å². The molecule has 1 N–H and O–H groups in total. The molecule has 0 radical (unpaired) electrons. The third kappa shape index (κ3) is 5.55. The lowest BCUT2D eigenvalue weighted by molar-refractivity contribution is -0.141. The maximum Gasteiger partial charge on any atom is 0.330 e. The highest BCUT2D eigenvalue weighted by Gasteiger charge is 2.37. The molecule has 0 aliphatic carbocycles. The Kier molecular flexibility index (Phi) is 6.83. The monoisotopic (exact) mass is 392 g/mol. The van der Waals surface area contributed by atoms with Crippen molar-refractivity contribution in [1.82, 2.24) is 10.2 Å². The van der Waals surface area contributed by atoms with Gasteiger partial charge in [-0.05, 0) is 55.6 Å². The van der Waals surface area contributed by atoms with E-state index in [1.165, 1.54) is 11.6 Å². The Labute approximate surface area is 172 Å². The molecule has 0 spiro atoms. The molecule has 1 unspecified atom stereocenters. The van der Waals surface area contributed by atoms with E-state index < -0.39 is 0 Å². The average molecular weight is 392 g/mol. The molecule has 1 aliphatic rings. The van der Waals surface area contributed by atoms with E-state index in [0.717, 1.165) is 31.5 Å². The Morgan fingerprint density at radius 3 is 2.55 bits per heavy atom. The number of nitrogens with one attached hydrogen (secondary N) is 1. The van der Waals surface area contributed by atoms with Crippen molar-refractivity contribution in [3.63, 3.8) is 0 Å². The molecule has 0 saturated carbocycles. The van der Waals surface area contributed by atoms with Gasteiger partial charge in [-0.3, -0.25) is 9.69 Å². The standard InChI is InChI=1S/C24H28N2O3/c1-24(15-6-16-26(24)17-20-7-4-3-5-8-20)18-29-22(27)14-11-19-9-12-21(13-10-19)23(28)25-2/h3-5,7-14H,6,15-18H2,1-2H3,(H,25,28)/b14-11+. The Morgan fingerprint density at radius 2 is 1.86 bits per heavy atom. The molecule has 2 aromatic carbocycles. The summed E-state index contributed by atoms with van der Waals surface area (Å²) < 4.78 is 5.57. The first-order chi connectivity index (χ1) is 14.0. The van der Waals surface area contributed by atoms with Crippen LogP contribution in [0.1, 0.15) is 41.3 Å². The molecule has 0 aromatic heterocycles. The summed E-state index contributed by atoms with van der Waals surface area (Å²) in [4.78, 5) is 26.2. The van der Waals surface area contributed by atoms with Crippen molar-refractivity contribution in [3.8, 4) is 0 Å². The van der Waals surface area contributed by atoms with Gasteiger partial charge < -0.3 is 10.1 Å². The molecule has 1 amide bonds. The average Bonchev–Trinajstić information content (AvgIpc) is 3.11. The lowest BCUT2D eigenvalue weighted by atomic mass is 9.99. The molecule has 1 aliphatic heterocycles. The van der Waals surface area contributed by atoms with Crippen molar-refractivity contribution >= 4 is 18.0 Å². The summed E-state index contributed by atoms with van der Waals surface area (Å²) in [5, 5.41) is 2.58. The number of likely N-dealkylation sites (tertiary alicyclic amines) is 1. The molecule has 1 heterocycles. The van der Waals surface area contributed by atoms with Crippen LogP contribution in [0.4, 0.5) is 0 Å². The highest BCUT2D eigenvalue weighted by Crippen LogP contribution is 2.30. The summed E-state index contributed by atoms with van der Waals surface area (Å²) in [6, 6.07) is 17.4. The minimum absolute atomic E-state index is 0.134. The minimum Gasteiger partial charge on any atom is -0.461 e. The number of benzene rings is 2. The van der Waals surface area contributed by atoms with Gasteiger partial charge >= 0.3 is 5.97 Å². The van der Waals surface area contributed by atoms with E-state index in [2.05, 4.69) is 41.4 Å². The first kappa shape index (κ1) is 20.8. The van der Waals surface area contributed by atoms with Crippen LogP contribution in [0, 0.1) is 0 Å². The van der Waals surface area contributed by atoms with Gasteiger partial charge in [0.1, 0.15) is 6.61 Å². The number of amides is 1. The topological polar surface area (TPSA) is 58.6 Å². The van der Waals surface area contributed by atoms with Gasteiger partial charge in [-0.15, -0.1) is 0 Å². The third-order valence-corrected chi connectivity index (χ3v) is 5.46. The van der Waals surface area contributed by atoms with E-state index in [-0.39, 0.29) is 17.4 Å². The predicted molar refractivity (Wildman–Crippen MR) is 114 cm³/mol. The number of carbonyl (C=O) groups is 2. The van der Waals surface area contributed by atoms with E-state index in [4.69, 9.17) is 4.74 Å². The summed E-state index contributed by atoms with van der Waals surface area (Å²) in [6.45, 7) is 4.41. The van der Waals surface area contributed by atoms with Crippen LogP contribution in [0.25, 0.3) is 6.08 Å². The van der Waals surface area contributed by atoms with E-state index in [1.807, 2.05) is 6.07 Å². The Balaban J connectivity index is 1.53. The normalized spacial score (nSPS) is 19.4. The SMILES string of the molecule is CNC(=O)c1ccc(/C=C/C(=O)OCC2(C)CCCN2Cc2ccccc2)cc1. The molecule has 2 aromatic rings. The van der Waals surface area contributed by atoms with Crippen LogP contribution in [-0.2, 0) is 16.1 Å². The Hall–Kier alpha value is -2.92. The van der Waals surface area contributed by atoms with Crippen molar-refractivity contribution in [3.05, 3.63) is 77.4 Å². The van der Waals surface area contributed by atoms with Crippen LogP contribution < -0.4 is 5.32 Å². The number of hydrogen-bond donors (Lipinski definition) is 1. The van der Waals surface area contributed by atoms with Crippen LogP contribution in [0.3, 0.4) is 0 Å². The molecule has 3 rings (SSSR count). The van der Waals surface area contributed by atoms with Gasteiger partial charge in [0.05, 0.1) is 5.54 Å². The molecule has 29 heavy (non-hydrogen) atoms. The first-order valence-corrected chi connectivity index (χ1v) is 9.96. The number of ether oxygens (including phenoxy) is 1. The quantitative estimate of drug-likeness (QED) is 0.577. The van der Waals surface area contributed by atoms with Crippen LogP contribution in [-0.4, -0.2) is 42.5 Å². The fraction of sp³-hybridized carbons (Fsp3) is 0.333. The predicted octanol–water partition coefficient (Wildman–Crippen LogP) is 3.66. The van der Waals surface area contributed by atoms with Gasteiger partial charge in [-0.25, -0.2) is 4.79 Å². The van der Waals surface area contributed by atoms with Gasteiger partial charge in [0.25, 0.3) is 5.91 Å². The maximum atomic E-state index is 12.2. The minimum atomic E-state index is -0.354. The summed E-state index contributed by atoms with van der Waals surface area (Å²) in [5.41, 5.74) is 2.55. The lowest BCUT2D eigenvalue weighted by Gasteiger charge is -2.34. The second-order valence-electron chi connectivity index (χ2n) is 7.65.